The Morgan fingerprint density at radius 3 is 2.04 bits per heavy atom. The Morgan fingerprint density at radius 1 is 1.00 bits per heavy atom. The van der Waals surface area contributed by atoms with E-state index in [9.17, 15) is 23.1 Å². The standard InChI is InChI=1S/C17H16F3NO3/c1-16(2,24-14-9-7-13(22)8-10-14)15(23)21-12-5-3-11(4-6-12)17(18,19)20/h3-10,22H,1-2H3,(H,21,23). The van der Waals surface area contributed by atoms with Crippen LogP contribution in [0.4, 0.5) is 18.9 Å². The number of halogens is 3. The largest absolute Gasteiger partial charge is 0.508 e. The van der Waals surface area contributed by atoms with Crippen LogP contribution in [-0.4, -0.2) is 16.6 Å². The zero-order valence-corrected chi connectivity index (χ0v) is 13.0. The molecule has 0 unspecified atom stereocenters. The van der Waals surface area contributed by atoms with Crippen LogP contribution in [0.2, 0.25) is 0 Å². The van der Waals surface area contributed by atoms with E-state index >= 15 is 0 Å². The Morgan fingerprint density at radius 2 is 1.54 bits per heavy atom. The fourth-order valence-corrected chi connectivity index (χ4v) is 1.88. The van der Waals surface area contributed by atoms with Gasteiger partial charge in [-0.25, -0.2) is 0 Å². The summed E-state index contributed by atoms with van der Waals surface area (Å²) in [5, 5.41) is 11.7. The van der Waals surface area contributed by atoms with Gasteiger partial charge in [0.2, 0.25) is 0 Å². The monoisotopic (exact) mass is 339 g/mol. The van der Waals surface area contributed by atoms with Gasteiger partial charge in [0, 0.05) is 5.69 Å². The smallest absolute Gasteiger partial charge is 0.416 e. The van der Waals surface area contributed by atoms with Crippen LogP contribution >= 0.6 is 0 Å². The van der Waals surface area contributed by atoms with Crippen LogP contribution in [0.25, 0.3) is 0 Å². The van der Waals surface area contributed by atoms with Gasteiger partial charge in [0.1, 0.15) is 11.5 Å². The van der Waals surface area contributed by atoms with E-state index < -0.39 is 23.2 Å². The van der Waals surface area contributed by atoms with Gasteiger partial charge >= 0.3 is 6.18 Å². The second-order valence-electron chi connectivity index (χ2n) is 5.64. The Labute approximate surface area is 136 Å². The minimum atomic E-state index is -4.43. The quantitative estimate of drug-likeness (QED) is 0.877. The number of nitrogens with one attached hydrogen (secondary N) is 1. The highest BCUT2D eigenvalue weighted by Crippen LogP contribution is 2.30. The maximum atomic E-state index is 12.5. The molecular formula is C17H16F3NO3. The Bertz CT molecular complexity index is 707. The number of ether oxygens (including phenoxy) is 1. The van der Waals surface area contributed by atoms with Crippen LogP contribution in [0.1, 0.15) is 19.4 Å². The Balaban J connectivity index is 2.06. The van der Waals surface area contributed by atoms with Crippen LogP contribution in [0.5, 0.6) is 11.5 Å². The van der Waals surface area contributed by atoms with Crippen molar-refractivity contribution in [2.75, 3.05) is 5.32 Å². The summed E-state index contributed by atoms with van der Waals surface area (Å²) in [6, 6.07) is 9.98. The molecule has 0 aliphatic carbocycles. The summed E-state index contributed by atoms with van der Waals surface area (Å²) in [6.07, 6.45) is -4.43. The normalized spacial score (nSPS) is 11.9. The van der Waals surface area contributed by atoms with Crippen LogP contribution < -0.4 is 10.1 Å². The van der Waals surface area contributed by atoms with Crippen LogP contribution in [0.3, 0.4) is 0 Å². The zero-order chi connectivity index (χ0) is 18.0. The molecule has 1 amide bonds. The number of hydrogen-bond donors (Lipinski definition) is 2. The fourth-order valence-electron chi connectivity index (χ4n) is 1.88. The molecule has 0 saturated carbocycles. The molecule has 7 heteroatoms. The number of hydrogen-bond acceptors (Lipinski definition) is 3. The molecule has 0 fully saturated rings. The SMILES string of the molecule is CC(C)(Oc1ccc(O)cc1)C(=O)Nc1ccc(C(F)(F)F)cc1. The van der Waals surface area contributed by atoms with Crippen molar-refractivity contribution >= 4 is 11.6 Å². The molecule has 2 rings (SSSR count). The maximum absolute atomic E-state index is 12.5. The molecule has 2 N–H and O–H groups in total. The van der Waals surface area contributed by atoms with E-state index in [0.29, 0.717) is 5.75 Å². The predicted octanol–water partition coefficient (Wildman–Crippen LogP) is 4.21. The number of carbonyl (C=O) groups is 1. The molecule has 0 aliphatic heterocycles. The van der Waals surface area contributed by atoms with Gasteiger partial charge in [-0.2, -0.15) is 13.2 Å². The first-order valence-electron chi connectivity index (χ1n) is 7.05. The number of rotatable bonds is 4. The second-order valence-corrected chi connectivity index (χ2v) is 5.64. The first-order valence-corrected chi connectivity index (χ1v) is 7.05. The molecule has 0 radical (unpaired) electrons. The number of alkyl halides is 3. The molecule has 0 atom stereocenters. The minimum Gasteiger partial charge on any atom is -0.508 e. The summed E-state index contributed by atoms with van der Waals surface area (Å²) < 4.78 is 43.1. The number of aromatic hydroxyl groups is 1. The van der Waals surface area contributed by atoms with Crippen molar-refractivity contribution in [1.29, 1.82) is 0 Å². The number of amides is 1. The first-order chi connectivity index (χ1) is 11.1. The summed E-state index contributed by atoms with van der Waals surface area (Å²) in [6.45, 7) is 3.05. The van der Waals surface area contributed by atoms with E-state index in [4.69, 9.17) is 4.74 Å². The second kappa shape index (κ2) is 6.43. The molecule has 0 spiro atoms. The van der Waals surface area contributed by atoms with E-state index in [1.54, 1.807) is 0 Å². The highest BCUT2D eigenvalue weighted by atomic mass is 19.4. The lowest BCUT2D eigenvalue weighted by atomic mass is 10.1. The van der Waals surface area contributed by atoms with Gasteiger partial charge in [-0.05, 0) is 62.4 Å². The van der Waals surface area contributed by atoms with Gasteiger partial charge in [-0.1, -0.05) is 0 Å². The van der Waals surface area contributed by atoms with Gasteiger partial charge < -0.3 is 15.2 Å². The molecule has 0 aliphatic rings. The molecule has 0 bridgehead atoms. The number of phenols is 1. The average molecular weight is 339 g/mol. The van der Waals surface area contributed by atoms with E-state index in [-0.39, 0.29) is 11.4 Å². The van der Waals surface area contributed by atoms with Crippen molar-refractivity contribution in [2.24, 2.45) is 0 Å². The van der Waals surface area contributed by atoms with Gasteiger partial charge in [0.25, 0.3) is 5.91 Å². The van der Waals surface area contributed by atoms with Gasteiger partial charge in [-0.15, -0.1) is 0 Å². The topological polar surface area (TPSA) is 58.6 Å². The number of anilines is 1. The zero-order valence-electron chi connectivity index (χ0n) is 13.0. The Hall–Kier alpha value is -2.70. The van der Waals surface area contributed by atoms with Crippen molar-refractivity contribution in [3.05, 3.63) is 54.1 Å². The molecule has 4 nitrogen and oxygen atoms in total. The third kappa shape index (κ3) is 4.41. The molecule has 128 valence electrons. The van der Waals surface area contributed by atoms with Crippen molar-refractivity contribution in [3.63, 3.8) is 0 Å². The summed E-state index contributed by atoms with van der Waals surface area (Å²) in [4.78, 5) is 12.3. The number of carbonyl (C=O) groups excluding carboxylic acids is 1. The summed E-state index contributed by atoms with van der Waals surface area (Å²) in [7, 11) is 0. The lowest BCUT2D eigenvalue weighted by molar-refractivity contribution is -0.137. The highest BCUT2D eigenvalue weighted by molar-refractivity contribution is 5.97. The summed E-state index contributed by atoms with van der Waals surface area (Å²) in [5.74, 6) is -0.0786. The fraction of sp³-hybridized carbons (Fsp3) is 0.235. The van der Waals surface area contributed by atoms with Crippen molar-refractivity contribution in [2.45, 2.75) is 25.6 Å². The minimum absolute atomic E-state index is 0.0642. The molecule has 0 aromatic heterocycles. The molecule has 0 heterocycles. The third-order valence-corrected chi connectivity index (χ3v) is 3.23. The average Bonchev–Trinajstić information content (AvgIpc) is 2.49. The first kappa shape index (κ1) is 17.7. The van der Waals surface area contributed by atoms with Crippen molar-refractivity contribution in [3.8, 4) is 11.5 Å². The van der Waals surface area contributed by atoms with Gasteiger partial charge in [-0.3, -0.25) is 4.79 Å². The summed E-state index contributed by atoms with van der Waals surface area (Å²) in [5.41, 5.74) is -1.82. The maximum Gasteiger partial charge on any atom is 0.416 e. The summed E-state index contributed by atoms with van der Waals surface area (Å²) >= 11 is 0. The van der Waals surface area contributed by atoms with Gasteiger partial charge in [0.15, 0.2) is 5.60 Å². The van der Waals surface area contributed by atoms with Crippen LogP contribution in [0.15, 0.2) is 48.5 Å². The van der Waals surface area contributed by atoms with Gasteiger partial charge in [0.05, 0.1) is 5.56 Å². The van der Waals surface area contributed by atoms with E-state index in [0.717, 1.165) is 12.1 Å². The van der Waals surface area contributed by atoms with E-state index in [2.05, 4.69) is 5.32 Å². The lowest BCUT2D eigenvalue weighted by Gasteiger charge is -2.25. The number of phenolic OH excluding ortho intramolecular Hbond substituents is 1. The molecule has 2 aromatic carbocycles. The number of benzene rings is 2. The van der Waals surface area contributed by atoms with E-state index in [1.165, 1.54) is 50.2 Å². The van der Waals surface area contributed by atoms with Crippen LogP contribution in [0, 0.1) is 0 Å². The highest BCUT2D eigenvalue weighted by Gasteiger charge is 2.32. The predicted molar refractivity (Wildman–Crippen MR) is 82.9 cm³/mol. The molecule has 0 saturated heterocycles. The third-order valence-electron chi connectivity index (χ3n) is 3.23. The lowest BCUT2D eigenvalue weighted by Crippen LogP contribution is -2.42. The van der Waals surface area contributed by atoms with Crippen molar-refractivity contribution < 1.29 is 27.8 Å². The molecule has 24 heavy (non-hydrogen) atoms. The Kier molecular flexibility index (Phi) is 4.73. The molecular weight excluding hydrogens is 323 g/mol. The van der Waals surface area contributed by atoms with Crippen LogP contribution in [-0.2, 0) is 11.0 Å². The van der Waals surface area contributed by atoms with Crippen molar-refractivity contribution in [1.82, 2.24) is 0 Å². The molecule has 2 aromatic rings. The van der Waals surface area contributed by atoms with E-state index in [1.807, 2.05) is 0 Å².